The van der Waals surface area contributed by atoms with Gasteiger partial charge in [-0.15, -0.1) is 11.3 Å². The average Bonchev–Trinajstić information content (AvgIpc) is 3.30. The average molecular weight is 373 g/mol. The fourth-order valence-electron chi connectivity index (χ4n) is 2.32. The number of methoxy groups -OCH3 is 1. The number of hydrogen-bond acceptors (Lipinski definition) is 5. The van der Waals surface area contributed by atoms with E-state index in [1.54, 1.807) is 29.8 Å². The number of hydrogen-bond donors (Lipinski definition) is 2. The van der Waals surface area contributed by atoms with Gasteiger partial charge in [0.1, 0.15) is 11.5 Å². The van der Waals surface area contributed by atoms with Crippen molar-refractivity contribution in [1.82, 2.24) is 9.97 Å². The number of rotatable bonds is 6. The van der Waals surface area contributed by atoms with Gasteiger partial charge in [-0.05, 0) is 30.2 Å². The third-order valence-corrected chi connectivity index (χ3v) is 4.45. The number of nitrogens with zero attached hydrogens (tertiary/aromatic N) is 1. The summed E-state index contributed by atoms with van der Waals surface area (Å²) in [5, 5.41) is 5.02. The third-order valence-electron chi connectivity index (χ3n) is 3.69. The summed E-state index contributed by atoms with van der Waals surface area (Å²) in [7, 11) is 1.31. The Balaban J connectivity index is 1.57. The number of aryl methyl sites for hydroxylation is 1. The monoisotopic (exact) mass is 373 g/mol. The van der Waals surface area contributed by atoms with Crippen LogP contribution in [-0.2, 0) is 16.0 Å². The van der Waals surface area contributed by atoms with Crippen molar-refractivity contribution in [2.24, 2.45) is 0 Å². The summed E-state index contributed by atoms with van der Waals surface area (Å²) in [6, 6.07) is 7.71. The number of nitrogens with one attached hydrogen (secondary N) is 2. The maximum atomic E-state index is 12.9. The molecular weight excluding hydrogens is 357 g/mol. The minimum Gasteiger partial charge on any atom is -0.464 e. The number of halogens is 1. The minimum atomic E-state index is -0.458. The van der Waals surface area contributed by atoms with Gasteiger partial charge in [-0.1, -0.05) is 12.1 Å². The van der Waals surface area contributed by atoms with E-state index in [0.29, 0.717) is 22.9 Å². The molecule has 0 spiro atoms. The van der Waals surface area contributed by atoms with Crippen molar-refractivity contribution >= 4 is 28.3 Å². The number of H-pyrrole nitrogens is 1. The lowest BCUT2D eigenvalue weighted by molar-refractivity contribution is -0.116. The second kappa shape index (κ2) is 7.92. The molecule has 0 atom stereocenters. The van der Waals surface area contributed by atoms with Crippen molar-refractivity contribution < 1.29 is 18.7 Å². The van der Waals surface area contributed by atoms with Gasteiger partial charge in [0.2, 0.25) is 5.91 Å². The van der Waals surface area contributed by atoms with Crippen LogP contribution in [0.3, 0.4) is 0 Å². The first kappa shape index (κ1) is 17.8. The molecule has 0 aliphatic rings. The molecule has 8 heteroatoms. The summed E-state index contributed by atoms with van der Waals surface area (Å²) in [6.07, 6.45) is 2.45. The molecule has 3 rings (SSSR count). The summed E-state index contributed by atoms with van der Waals surface area (Å²) in [5.41, 5.74) is 2.60. The molecule has 0 saturated carbocycles. The Bertz CT molecular complexity index is 918. The van der Waals surface area contributed by atoms with Gasteiger partial charge in [0, 0.05) is 23.6 Å². The SMILES string of the molecule is COC(=O)c1cc(-c2csc(NC(=O)CCc3ccc(F)cc3)n2)c[nH]1. The predicted molar refractivity (Wildman–Crippen MR) is 96.6 cm³/mol. The summed E-state index contributed by atoms with van der Waals surface area (Å²) in [4.78, 5) is 30.7. The highest BCUT2D eigenvalue weighted by Crippen LogP contribution is 2.25. The van der Waals surface area contributed by atoms with E-state index >= 15 is 0 Å². The molecule has 0 aliphatic heterocycles. The van der Waals surface area contributed by atoms with Crippen LogP contribution in [0.2, 0.25) is 0 Å². The Morgan fingerprint density at radius 1 is 1.31 bits per heavy atom. The van der Waals surface area contributed by atoms with E-state index in [0.717, 1.165) is 11.1 Å². The Morgan fingerprint density at radius 3 is 2.81 bits per heavy atom. The van der Waals surface area contributed by atoms with Crippen molar-refractivity contribution in [2.45, 2.75) is 12.8 Å². The number of thiazole rings is 1. The zero-order valence-electron chi connectivity index (χ0n) is 13.9. The standard InChI is InChI=1S/C18H16FN3O3S/c1-25-17(24)14-8-12(9-20-14)15-10-26-18(21-15)22-16(23)7-4-11-2-5-13(19)6-3-11/h2-3,5-6,8-10,20H,4,7H2,1H3,(H,21,22,23). The zero-order chi connectivity index (χ0) is 18.5. The second-order valence-corrected chi connectivity index (χ2v) is 6.36. The molecule has 2 heterocycles. The number of ether oxygens (including phenoxy) is 1. The fraction of sp³-hybridized carbons (Fsp3) is 0.167. The highest BCUT2D eigenvalue weighted by atomic mass is 32.1. The summed E-state index contributed by atoms with van der Waals surface area (Å²) in [6.45, 7) is 0. The van der Waals surface area contributed by atoms with Crippen LogP contribution in [0.1, 0.15) is 22.5 Å². The Hall–Kier alpha value is -3.00. The lowest BCUT2D eigenvalue weighted by Gasteiger charge is -2.02. The number of carbonyl (C=O) groups is 2. The molecule has 0 fully saturated rings. The van der Waals surface area contributed by atoms with Crippen molar-refractivity contribution in [3.63, 3.8) is 0 Å². The van der Waals surface area contributed by atoms with Crippen molar-refractivity contribution in [3.8, 4) is 11.3 Å². The molecule has 134 valence electrons. The van der Waals surface area contributed by atoms with E-state index < -0.39 is 5.97 Å². The van der Waals surface area contributed by atoms with Crippen LogP contribution in [0.5, 0.6) is 0 Å². The number of aromatic nitrogens is 2. The zero-order valence-corrected chi connectivity index (χ0v) is 14.7. The smallest absolute Gasteiger partial charge is 0.354 e. The van der Waals surface area contributed by atoms with Gasteiger partial charge in [-0.2, -0.15) is 0 Å². The van der Waals surface area contributed by atoms with E-state index in [2.05, 4.69) is 20.0 Å². The topological polar surface area (TPSA) is 84.1 Å². The molecular formula is C18H16FN3O3S. The summed E-state index contributed by atoms with van der Waals surface area (Å²) < 4.78 is 17.5. The first-order valence-corrected chi connectivity index (χ1v) is 8.70. The van der Waals surface area contributed by atoms with E-state index in [4.69, 9.17) is 0 Å². The maximum Gasteiger partial charge on any atom is 0.354 e. The molecule has 26 heavy (non-hydrogen) atoms. The van der Waals surface area contributed by atoms with Gasteiger partial charge >= 0.3 is 5.97 Å². The molecule has 0 aliphatic carbocycles. The Kier molecular flexibility index (Phi) is 5.43. The van der Waals surface area contributed by atoms with Crippen LogP contribution >= 0.6 is 11.3 Å². The highest BCUT2D eigenvalue weighted by molar-refractivity contribution is 7.14. The number of esters is 1. The van der Waals surface area contributed by atoms with Gasteiger partial charge in [0.05, 0.1) is 12.8 Å². The van der Waals surface area contributed by atoms with Crippen LogP contribution in [0.4, 0.5) is 9.52 Å². The lowest BCUT2D eigenvalue weighted by Crippen LogP contribution is -2.12. The third kappa shape index (κ3) is 4.34. The van der Waals surface area contributed by atoms with Gasteiger partial charge in [-0.3, -0.25) is 4.79 Å². The summed E-state index contributed by atoms with van der Waals surface area (Å²) in [5.74, 6) is -0.922. The van der Waals surface area contributed by atoms with Crippen LogP contribution in [-0.4, -0.2) is 29.0 Å². The molecule has 6 nitrogen and oxygen atoms in total. The number of carbonyl (C=O) groups excluding carboxylic acids is 2. The predicted octanol–water partition coefficient (Wildman–Crippen LogP) is 3.64. The van der Waals surface area contributed by atoms with Crippen LogP contribution in [0, 0.1) is 5.82 Å². The summed E-state index contributed by atoms with van der Waals surface area (Å²) >= 11 is 1.30. The normalized spacial score (nSPS) is 10.5. The molecule has 0 radical (unpaired) electrons. The van der Waals surface area contributed by atoms with Crippen molar-refractivity contribution in [1.29, 1.82) is 0 Å². The first-order chi connectivity index (χ1) is 12.5. The highest BCUT2D eigenvalue weighted by Gasteiger charge is 2.13. The molecule has 0 saturated heterocycles. The number of benzene rings is 1. The minimum absolute atomic E-state index is 0.167. The van der Waals surface area contributed by atoms with E-state index in [1.165, 1.54) is 30.6 Å². The van der Waals surface area contributed by atoms with Crippen LogP contribution < -0.4 is 5.32 Å². The molecule has 0 unspecified atom stereocenters. The quantitative estimate of drug-likeness (QED) is 0.646. The second-order valence-electron chi connectivity index (χ2n) is 5.51. The van der Waals surface area contributed by atoms with Crippen molar-refractivity contribution in [3.05, 3.63) is 59.0 Å². The number of aromatic amines is 1. The van der Waals surface area contributed by atoms with E-state index in [-0.39, 0.29) is 18.1 Å². The largest absolute Gasteiger partial charge is 0.464 e. The maximum absolute atomic E-state index is 12.9. The van der Waals surface area contributed by atoms with Gasteiger partial charge in [0.15, 0.2) is 5.13 Å². The number of anilines is 1. The van der Waals surface area contributed by atoms with E-state index in [9.17, 15) is 14.0 Å². The van der Waals surface area contributed by atoms with Gasteiger partial charge in [-0.25, -0.2) is 14.2 Å². The molecule has 0 bridgehead atoms. The first-order valence-electron chi connectivity index (χ1n) is 7.82. The molecule has 2 aromatic heterocycles. The number of amides is 1. The van der Waals surface area contributed by atoms with Gasteiger partial charge < -0.3 is 15.0 Å². The fourth-order valence-corrected chi connectivity index (χ4v) is 3.06. The molecule has 1 aromatic carbocycles. The van der Waals surface area contributed by atoms with Crippen molar-refractivity contribution in [2.75, 3.05) is 12.4 Å². The molecule has 3 aromatic rings. The van der Waals surface area contributed by atoms with E-state index in [1.807, 2.05) is 0 Å². The van der Waals surface area contributed by atoms with Crippen LogP contribution in [0.15, 0.2) is 41.9 Å². The van der Waals surface area contributed by atoms with Gasteiger partial charge in [0.25, 0.3) is 0 Å². The lowest BCUT2D eigenvalue weighted by atomic mass is 10.1. The Morgan fingerprint density at radius 2 is 2.08 bits per heavy atom. The molecule has 1 amide bonds. The molecule has 2 N–H and O–H groups in total. The Labute approximate surface area is 153 Å². The van der Waals surface area contributed by atoms with Crippen LogP contribution in [0.25, 0.3) is 11.3 Å².